The van der Waals surface area contributed by atoms with Crippen LogP contribution >= 0.6 is 24.0 Å². The first-order valence-electron chi connectivity index (χ1n) is 8.53. The van der Waals surface area contributed by atoms with E-state index in [1.54, 1.807) is 0 Å². The van der Waals surface area contributed by atoms with Crippen LogP contribution < -0.4 is 10.6 Å². The van der Waals surface area contributed by atoms with Gasteiger partial charge in [-0.2, -0.15) is 5.10 Å². The summed E-state index contributed by atoms with van der Waals surface area (Å²) >= 11 is 0. The first-order chi connectivity index (χ1) is 11.4. The van der Waals surface area contributed by atoms with Crippen molar-refractivity contribution in [1.82, 2.24) is 20.4 Å². The highest BCUT2D eigenvalue weighted by atomic mass is 127. The molecule has 2 rings (SSSR count). The minimum Gasteiger partial charge on any atom is -0.357 e. The van der Waals surface area contributed by atoms with Crippen LogP contribution in [0.3, 0.4) is 0 Å². The van der Waals surface area contributed by atoms with Crippen molar-refractivity contribution < 1.29 is 0 Å². The molecule has 0 aliphatic carbocycles. The molecular weight excluding hydrogens is 425 g/mol. The van der Waals surface area contributed by atoms with E-state index in [0.29, 0.717) is 6.54 Å². The van der Waals surface area contributed by atoms with Crippen molar-refractivity contribution in [3.05, 3.63) is 52.3 Å². The van der Waals surface area contributed by atoms with E-state index in [-0.39, 0.29) is 30.0 Å². The predicted molar refractivity (Wildman–Crippen MR) is 116 cm³/mol. The van der Waals surface area contributed by atoms with Crippen LogP contribution in [-0.2, 0) is 13.6 Å². The molecule has 5 nitrogen and oxygen atoms in total. The molecule has 1 heterocycles. The van der Waals surface area contributed by atoms with Crippen LogP contribution in [0.5, 0.6) is 0 Å². The molecule has 0 spiro atoms. The number of guanidine groups is 1. The lowest BCUT2D eigenvalue weighted by Gasteiger charge is -2.19. The van der Waals surface area contributed by atoms with Crippen molar-refractivity contribution in [2.75, 3.05) is 6.54 Å². The molecule has 0 saturated carbocycles. The number of rotatable bonds is 5. The van der Waals surface area contributed by atoms with Crippen LogP contribution in [0.25, 0.3) is 0 Å². The highest BCUT2D eigenvalue weighted by molar-refractivity contribution is 14.0. The number of aromatic nitrogens is 2. The Balaban J connectivity index is 0.00000312. The van der Waals surface area contributed by atoms with Gasteiger partial charge in [-0.05, 0) is 45.7 Å². The van der Waals surface area contributed by atoms with Crippen molar-refractivity contribution >= 4 is 29.9 Å². The van der Waals surface area contributed by atoms with E-state index >= 15 is 0 Å². The standard InChI is InChI=1S/C19H29N5.HI/c1-7-20-19(21-12-18-15(4)23-24(6)16(18)5)22-14(3)17-11-9-8-10-13(17)2;/h8-11,14H,7,12H2,1-6H3,(H2,20,21,22);1H. The first-order valence-corrected chi connectivity index (χ1v) is 8.53. The summed E-state index contributed by atoms with van der Waals surface area (Å²) in [5.41, 5.74) is 5.97. The van der Waals surface area contributed by atoms with Gasteiger partial charge in [0, 0.05) is 24.8 Å². The molecule has 25 heavy (non-hydrogen) atoms. The maximum atomic E-state index is 4.75. The second-order valence-corrected chi connectivity index (χ2v) is 6.19. The van der Waals surface area contributed by atoms with Crippen LogP contribution in [0.2, 0.25) is 0 Å². The van der Waals surface area contributed by atoms with Gasteiger partial charge in [-0.15, -0.1) is 24.0 Å². The van der Waals surface area contributed by atoms with Gasteiger partial charge >= 0.3 is 0 Å². The number of nitrogens with zero attached hydrogens (tertiary/aromatic N) is 3. The Morgan fingerprint density at radius 1 is 1.24 bits per heavy atom. The molecule has 2 N–H and O–H groups in total. The molecule has 138 valence electrons. The third-order valence-corrected chi connectivity index (χ3v) is 4.41. The average molecular weight is 455 g/mol. The van der Waals surface area contributed by atoms with Crippen LogP contribution in [-0.4, -0.2) is 22.3 Å². The molecule has 1 unspecified atom stereocenters. The predicted octanol–water partition coefficient (Wildman–Crippen LogP) is 3.78. The highest BCUT2D eigenvalue weighted by Crippen LogP contribution is 2.17. The largest absolute Gasteiger partial charge is 0.357 e. The fraction of sp³-hybridized carbons (Fsp3) is 0.474. The molecule has 0 radical (unpaired) electrons. The van der Waals surface area contributed by atoms with E-state index in [9.17, 15) is 0 Å². The van der Waals surface area contributed by atoms with Crippen molar-refractivity contribution in [1.29, 1.82) is 0 Å². The second kappa shape index (κ2) is 9.79. The summed E-state index contributed by atoms with van der Waals surface area (Å²) in [4.78, 5) is 4.75. The molecule has 0 aliphatic heterocycles. The Kier molecular flexibility index (Phi) is 8.41. The van der Waals surface area contributed by atoms with E-state index in [1.807, 2.05) is 18.7 Å². The number of aryl methyl sites for hydroxylation is 3. The summed E-state index contributed by atoms with van der Waals surface area (Å²) < 4.78 is 1.91. The average Bonchev–Trinajstić information content (AvgIpc) is 2.78. The molecule has 1 aromatic carbocycles. The van der Waals surface area contributed by atoms with Gasteiger partial charge in [0.2, 0.25) is 0 Å². The van der Waals surface area contributed by atoms with Crippen LogP contribution in [0.1, 0.15) is 48.0 Å². The van der Waals surface area contributed by atoms with Gasteiger partial charge < -0.3 is 10.6 Å². The molecule has 6 heteroatoms. The maximum absolute atomic E-state index is 4.75. The van der Waals surface area contributed by atoms with E-state index in [0.717, 1.165) is 18.2 Å². The summed E-state index contributed by atoms with van der Waals surface area (Å²) in [7, 11) is 1.97. The SMILES string of the molecule is CCNC(=NCc1c(C)nn(C)c1C)NC(C)c1ccccc1C.I. The quantitative estimate of drug-likeness (QED) is 0.410. The van der Waals surface area contributed by atoms with Crippen LogP contribution in [0, 0.1) is 20.8 Å². The molecule has 1 aromatic heterocycles. The monoisotopic (exact) mass is 455 g/mol. The van der Waals surface area contributed by atoms with Gasteiger partial charge in [0.1, 0.15) is 0 Å². The van der Waals surface area contributed by atoms with E-state index in [4.69, 9.17) is 4.99 Å². The minimum absolute atomic E-state index is 0. The topological polar surface area (TPSA) is 54.2 Å². The summed E-state index contributed by atoms with van der Waals surface area (Å²) in [6, 6.07) is 8.64. The lowest BCUT2D eigenvalue weighted by molar-refractivity contribution is 0.682. The molecule has 0 aliphatic rings. The Bertz CT molecular complexity index is 721. The zero-order chi connectivity index (χ0) is 17.7. The van der Waals surface area contributed by atoms with E-state index in [2.05, 4.69) is 67.7 Å². The minimum atomic E-state index is 0. The molecular formula is C19H30IN5. The molecule has 2 aromatic rings. The Morgan fingerprint density at radius 3 is 2.48 bits per heavy atom. The van der Waals surface area contributed by atoms with Gasteiger partial charge in [-0.3, -0.25) is 4.68 Å². The molecule has 0 fully saturated rings. The number of nitrogens with one attached hydrogen (secondary N) is 2. The van der Waals surface area contributed by atoms with Gasteiger partial charge in [-0.25, -0.2) is 4.99 Å². The number of halogens is 1. The van der Waals surface area contributed by atoms with Crippen molar-refractivity contribution in [2.24, 2.45) is 12.0 Å². The molecule has 0 amide bonds. The van der Waals surface area contributed by atoms with Crippen LogP contribution in [0.4, 0.5) is 0 Å². The fourth-order valence-electron chi connectivity index (χ4n) is 2.88. The van der Waals surface area contributed by atoms with E-state index < -0.39 is 0 Å². The van der Waals surface area contributed by atoms with Crippen molar-refractivity contribution in [3.63, 3.8) is 0 Å². The maximum Gasteiger partial charge on any atom is 0.192 e. The number of aliphatic imine (C=N–C) groups is 1. The fourth-order valence-corrected chi connectivity index (χ4v) is 2.88. The normalized spacial score (nSPS) is 12.5. The Labute approximate surface area is 168 Å². The molecule has 0 saturated heterocycles. The number of benzene rings is 1. The number of hydrogen-bond donors (Lipinski definition) is 2. The summed E-state index contributed by atoms with van der Waals surface area (Å²) in [6.45, 7) is 12.0. The second-order valence-electron chi connectivity index (χ2n) is 6.19. The lowest BCUT2D eigenvalue weighted by atomic mass is 10.0. The molecule has 0 bridgehead atoms. The summed E-state index contributed by atoms with van der Waals surface area (Å²) in [5, 5.41) is 11.3. The van der Waals surface area contributed by atoms with Gasteiger partial charge in [0.05, 0.1) is 18.3 Å². The van der Waals surface area contributed by atoms with Crippen LogP contribution in [0.15, 0.2) is 29.3 Å². The summed E-state index contributed by atoms with van der Waals surface area (Å²) in [5.74, 6) is 0.830. The van der Waals surface area contributed by atoms with Gasteiger partial charge in [0.25, 0.3) is 0 Å². The van der Waals surface area contributed by atoms with E-state index in [1.165, 1.54) is 22.4 Å². The van der Waals surface area contributed by atoms with Crippen molar-refractivity contribution in [3.8, 4) is 0 Å². The lowest BCUT2D eigenvalue weighted by Crippen LogP contribution is -2.38. The zero-order valence-corrected chi connectivity index (χ0v) is 18.4. The van der Waals surface area contributed by atoms with Gasteiger partial charge in [-0.1, -0.05) is 24.3 Å². The smallest absolute Gasteiger partial charge is 0.192 e. The highest BCUT2D eigenvalue weighted by Gasteiger charge is 2.12. The Morgan fingerprint density at radius 2 is 1.92 bits per heavy atom. The third-order valence-electron chi connectivity index (χ3n) is 4.41. The Hall–Kier alpha value is -1.57. The van der Waals surface area contributed by atoms with Gasteiger partial charge in [0.15, 0.2) is 5.96 Å². The van der Waals surface area contributed by atoms with Crippen molar-refractivity contribution in [2.45, 2.75) is 47.2 Å². The number of hydrogen-bond acceptors (Lipinski definition) is 2. The summed E-state index contributed by atoms with van der Waals surface area (Å²) in [6.07, 6.45) is 0. The third kappa shape index (κ3) is 5.45. The zero-order valence-electron chi connectivity index (χ0n) is 16.1. The molecule has 1 atom stereocenters. The first kappa shape index (κ1) is 21.5.